The summed E-state index contributed by atoms with van der Waals surface area (Å²) in [6.45, 7) is 6.85. The summed E-state index contributed by atoms with van der Waals surface area (Å²) >= 11 is 2.54. The summed E-state index contributed by atoms with van der Waals surface area (Å²) in [5.41, 5.74) is 3.46. The highest BCUT2D eigenvalue weighted by Crippen LogP contribution is 2.40. The van der Waals surface area contributed by atoms with Crippen molar-refractivity contribution in [2.24, 2.45) is 0 Å². The Balaban J connectivity index is 1.72. The van der Waals surface area contributed by atoms with Crippen LogP contribution in [0.25, 0.3) is 22.3 Å². The van der Waals surface area contributed by atoms with Gasteiger partial charge in [0.15, 0.2) is 5.60 Å². The number of aryl methyl sites for hydroxylation is 1. The molecule has 2 aliphatic rings. The minimum Gasteiger partial charge on any atom is -0.458 e. The van der Waals surface area contributed by atoms with E-state index < -0.39 is 19.6 Å². The van der Waals surface area contributed by atoms with E-state index in [-0.39, 0.29) is 18.6 Å². The van der Waals surface area contributed by atoms with Crippen molar-refractivity contribution < 1.29 is 14.6 Å². The van der Waals surface area contributed by atoms with Crippen molar-refractivity contribution in [1.82, 2.24) is 9.55 Å². The van der Waals surface area contributed by atoms with Gasteiger partial charge in [-0.3, -0.25) is 4.79 Å². The van der Waals surface area contributed by atoms with E-state index in [1.54, 1.807) is 17.6 Å². The Bertz CT molecular complexity index is 1380. The maximum absolute atomic E-state index is 13.5. The Hall–Kier alpha value is -2.04. The highest BCUT2D eigenvalue weighted by Gasteiger charge is 2.45. The number of halogens is 1. The van der Waals surface area contributed by atoms with E-state index in [1.165, 1.54) is 21.7 Å². The number of fused-ring (bicyclic) bond motifs is 5. The number of aromatic nitrogens is 2. The van der Waals surface area contributed by atoms with Crippen molar-refractivity contribution in [3.63, 3.8) is 0 Å². The third-order valence-corrected chi connectivity index (χ3v) is 17.2. The summed E-state index contributed by atoms with van der Waals surface area (Å²) < 4.78 is 8.17. The Morgan fingerprint density at radius 2 is 2.00 bits per heavy atom. The predicted molar refractivity (Wildman–Crippen MR) is 144 cm³/mol. The van der Waals surface area contributed by atoms with Gasteiger partial charge in [-0.05, 0) is 34.6 Å². The zero-order chi connectivity index (χ0) is 24.3. The first-order chi connectivity index (χ1) is 16.3. The van der Waals surface area contributed by atoms with Crippen molar-refractivity contribution in [2.45, 2.75) is 64.1 Å². The molecule has 178 valence electrons. The van der Waals surface area contributed by atoms with Gasteiger partial charge in [0.2, 0.25) is 0 Å². The fourth-order valence-corrected chi connectivity index (χ4v) is 9.46. The Morgan fingerprint density at radius 3 is 2.71 bits per heavy atom. The number of ether oxygens (including phenoxy) is 1. The van der Waals surface area contributed by atoms with Gasteiger partial charge in [-0.25, -0.2) is 9.78 Å². The van der Waals surface area contributed by atoms with Gasteiger partial charge < -0.3 is 14.4 Å². The lowest BCUT2D eigenvalue weighted by atomic mass is 9.86. The average molecular weight is 589 g/mol. The van der Waals surface area contributed by atoms with Crippen LogP contribution in [0.2, 0.25) is 18.6 Å². The van der Waals surface area contributed by atoms with Gasteiger partial charge in [-0.1, -0.05) is 73.3 Å². The van der Waals surface area contributed by atoms with E-state index in [1.807, 2.05) is 18.2 Å². The number of hydrogen-bond donors (Lipinski definition) is 1. The molecule has 2 atom stereocenters. The van der Waals surface area contributed by atoms with Crippen molar-refractivity contribution in [2.75, 3.05) is 4.05 Å². The van der Waals surface area contributed by atoms with Crippen LogP contribution < -0.4 is 5.56 Å². The van der Waals surface area contributed by atoms with Crippen LogP contribution in [0.5, 0.6) is 0 Å². The summed E-state index contributed by atoms with van der Waals surface area (Å²) in [6.07, 6.45) is 1.11. The quantitative estimate of drug-likeness (QED) is 0.153. The lowest BCUT2D eigenvalue weighted by Gasteiger charge is -2.31. The molecule has 0 bridgehead atoms. The molecular formula is C26H29IN2O4Si. The number of hydrogen-bond acceptors (Lipinski definition) is 5. The number of carbonyl (C=O) groups is 1. The number of pyridine rings is 2. The smallest absolute Gasteiger partial charge is 0.343 e. The van der Waals surface area contributed by atoms with Crippen molar-refractivity contribution in [3.05, 3.63) is 62.9 Å². The zero-order valence-corrected chi connectivity index (χ0v) is 22.9. The van der Waals surface area contributed by atoms with E-state index >= 15 is 0 Å². The van der Waals surface area contributed by atoms with Gasteiger partial charge in [-0.2, -0.15) is 0 Å². The van der Waals surface area contributed by atoms with Crippen LogP contribution in [0.15, 0.2) is 35.1 Å². The first-order valence-corrected chi connectivity index (χ1v) is 16.5. The molecule has 5 rings (SSSR count). The number of aliphatic hydroxyl groups is 1. The monoisotopic (exact) mass is 588 g/mol. The van der Waals surface area contributed by atoms with Crippen LogP contribution in [-0.4, -0.2) is 32.8 Å². The molecule has 34 heavy (non-hydrogen) atoms. The first kappa shape index (κ1) is 23.7. The summed E-state index contributed by atoms with van der Waals surface area (Å²) in [5.74, 6) is -0.695. The molecule has 8 heteroatoms. The van der Waals surface area contributed by atoms with Gasteiger partial charge >= 0.3 is 5.97 Å². The second-order valence-electron chi connectivity index (χ2n) is 9.84. The number of esters is 1. The fraction of sp³-hybridized carbons (Fsp3) is 0.423. The highest BCUT2D eigenvalue weighted by atomic mass is 127. The third-order valence-electron chi connectivity index (χ3n) is 7.87. The minimum atomic E-state index is -1.81. The first-order valence-electron chi connectivity index (χ1n) is 11.9. The molecule has 1 aromatic carbocycles. The molecule has 4 heterocycles. The lowest BCUT2D eigenvalue weighted by molar-refractivity contribution is -0.172. The van der Waals surface area contributed by atoms with E-state index in [0.29, 0.717) is 23.4 Å². The van der Waals surface area contributed by atoms with Crippen LogP contribution >= 0.6 is 22.6 Å². The molecule has 0 radical (unpaired) electrons. The Morgan fingerprint density at radius 1 is 1.24 bits per heavy atom. The topological polar surface area (TPSA) is 81.4 Å². The summed E-state index contributed by atoms with van der Waals surface area (Å²) in [6, 6.07) is 12.4. The Labute approximate surface area is 213 Å². The molecule has 0 spiro atoms. The number of cyclic esters (lactones) is 1. The van der Waals surface area contributed by atoms with Crippen LogP contribution in [-0.2, 0) is 34.7 Å². The predicted octanol–water partition coefficient (Wildman–Crippen LogP) is 4.69. The maximum Gasteiger partial charge on any atom is 0.343 e. The summed E-state index contributed by atoms with van der Waals surface area (Å²) in [7, 11) is -1.33. The second kappa shape index (κ2) is 8.56. The average Bonchev–Trinajstić information content (AvgIpc) is 3.23. The van der Waals surface area contributed by atoms with Gasteiger partial charge in [0.25, 0.3) is 5.56 Å². The summed E-state index contributed by atoms with van der Waals surface area (Å²) in [5, 5.41) is 12.3. The molecule has 0 amide bonds. The van der Waals surface area contributed by atoms with Crippen LogP contribution in [0.3, 0.4) is 0 Å². The molecule has 1 unspecified atom stereocenters. The largest absolute Gasteiger partial charge is 0.458 e. The Kier molecular flexibility index (Phi) is 5.97. The molecule has 0 saturated heterocycles. The molecule has 6 nitrogen and oxygen atoms in total. The van der Waals surface area contributed by atoms with E-state index in [2.05, 4.69) is 42.1 Å². The van der Waals surface area contributed by atoms with Crippen molar-refractivity contribution >= 4 is 47.5 Å². The van der Waals surface area contributed by atoms with Crippen LogP contribution in [0.4, 0.5) is 0 Å². The molecular weight excluding hydrogens is 559 g/mol. The van der Waals surface area contributed by atoms with Gasteiger partial charge in [0.1, 0.15) is 6.61 Å². The molecule has 0 aliphatic carbocycles. The molecule has 2 aliphatic heterocycles. The van der Waals surface area contributed by atoms with E-state index in [4.69, 9.17) is 9.72 Å². The standard InChI is InChI=1S/C26H29IN2O4Si/c1-4-26(32)20-12-22-23-18(13-29(22)24(30)19(20)14-33-25(26)31)16(10-11-34(3,5-2)15-27)17-8-6-7-9-21(17)28-23/h6-9,12,32H,4-5,10-11,13-15H2,1-3H3/t26-,34?/m1/s1. The number of para-hydroxylation sites is 1. The summed E-state index contributed by atoms with van der Waals surface area (Å²) in [4.78, 5) is 31.0. The second-order valence-corrected chi connectivity index (χ2v) is 17.2. The minimum absolute atomic E-state index is 0.107. The third kappa shape index (κ3) is 3.48. The van der Waals surface area contributed by atoms with Crippen molar-refractivity contribution in [1.29, 1.82) is 0 Å². The number of alkyl halides is 1. The van der Waals surface area contributed by atoms with E-state index in [9.17, 15) is 14.7 Å². The van der Waals surface area contributed by atoms with Gasteiger partial charge in [-0.15, -0.1) is 0 Å². The molecule has 0 saturated carbocycles. The SMILES string of the molecule is CC[C@]1(O)C(=O)OCc2c1cc1n(c2=O)Cc2c-1nc1ccccc1c2CC[Si](C)(CC)CI. The lowest BCUT2D eigenvalue weighted by Crippen LogP contribution is -2.44. The number of carbonyl (C=O) groups excluding carboxylic acids is 1. The highest BCUT2D eigenvalue weighted by molar-refractivity contribution is 14.1. The zero-order valence-electron chi connectivity index (χ0n) is 19.8. The van der Waals surface area contributed by atoms with E-state index in [0.717, 1.165) is 28.6 Å². The maximum atomic E-state index is 13.5. The molecule has 2 aromatic heterocycles. The van der Waals surface area contributed by atoms with Crippen molar-refractivity contribution in [3.8, 4) is 11.4 Å². The van der Waals surface area contributed by atoms with Gasteiger partial charge in [0.05, 0.1) is 37.1 Å². The number of nitrogens with zero attached hydrogens (tertiary/aromatic N) is 2. The van der Waals surface area contributed by atoms with Crippen LogP contribution in [0, 0.1) is 0 Å². The number of benzene rings is 1. The molecule has 1 N–H and O–H groups in total. The number of rotatable bonds is 6. The molecule has 0 fully saturated rings. The van der Waals surface area contributed by atoms with Crippen LogP contribution in [0.1, 0.15) is 42.5 Å². The molecule has 3 aromatic rings. The van der Waals surface area contributed by atoms with Gasteiger partial charge in [0, 0.05) is 16.5 Å². The fourth-order valence-electron chi connectivity index (χ4n) is 5.16. The normalized spacial score (nSPS) is 20.4.